The molecule has 0 saturated heterocycles. The van der Waals surface area contributed by atoms with Crippen LogP contribution in [0.2, 0.25) is 0 Å². The second-order valence-corrected chi connectivity index (χ2v) is 10.9. The maximum Gasteiger partial charge on any atom is 0.303 e. The number of carboxylic acid groups (broad SMARTS) is 2. The van der Waals surface area contributed by atoms with Crippen LogP contribution >= 0.6 is 12.2 Å². The molecule has 0 bridgehead atoms. The number of aromatic amines is 2. The SMILES string of the molecule is C=CC1=C(C)C(=Cc2[nH]c(C=c3[nH]c(=CC4=NC(=S)C(C)=C4C=C)c(C)c3CCC(=O)O)c(CCC(=O)O)c2C)NC1=O. The summed E-state index contributed by atoms with van der Waals surface area (Å²) in [5.41, 5.74) is 9.04. The molecule has 0 aromatic carbocycles. The van der Waals surface area contributed by atoms with Crippen molar-refractivity contribution in [1.29, 1.82) is 0 Å². The van der Waals surface area contributed by atoms with Crippen LogP contribution in [-0.4, -0.2) is 48.7 Å². The minimum Gasteiger partial charge on any atom is -0.481 e. The molecule has 2 aromatic rings. The van der Waals surface area contributed by atoms with Crippen molar-refractivity contribution in [1.82, 2.24) is 15.3 Å². The number of carbonyl (C=O) groups excluding carboxylic acids is 1. The molecule has 9 nitrogen and oxygen atoms in total. The summed E-state index contributed by atoms with van der Waals surface area (Å²) in [5, 5.41) is 23.2. The third kappa shape index (κ3) is 6.34. The van der Waals surface area contributed by atoms with Crippen LogP contribution in [0.15, 0.2) is 58.3 Å². The summed E-state index contributed by atoms with van der Waals surface area (Å²) in [6.45, 7) is 15.2. The van der Waals surface area contributed by atoms with E-state index in [9.17, 15) is 24.6 Å². The molecular weight excluding hydrogens is 564 g/mol. The first-order valence-electron chi connectivity index (χ1n) is 13.8. The third-order valence-electron chi connectivity index (χ3n) is 7.87. The maximum absolute atomic E-state index is 12.3. The van der Waals surface area contributed by atoms with Crippen molar-refractivity contribution in [3.8, 4) is 0 Å². The van der Waals surface area contributed by atoms with E-state index in [0.29, 0.717) is 33.0 Å². The lowest BCUT2D eigenvalue weighted by Gasteiger charge is -2.02. The number of rotatable bonds is 11. The molecule has 2 aliphatic heterocycles. The van der Waals surface area contributed by atoms with E-state index in [1.54, 1.807) is 6.08 Å². The molecule has 0 unspecified atom stereocenters. The quantitative estimate of drug-likeness (QED) is 0.248. The van der Waals surface area contributed by atoms with Crippen LogP contribution in [0, 0.1) is 13.8 Å². The molecule has 0 aliphatic carbocycles. The number of H-pyrrole nitrogens is 2. The molecule has 0 saturated carbocycles. The molecule has 2 aliphatic rings. The highest BCUT2D eigenvalue weighted by molar-refractivity contribution is 7.80. The molecule has 222 valence electrons. The predicted octanol–water partition coefficient (Wildman–Crippen LogP) is 3.86. The van der Waals surface area contributed by atoms with Gasteiger partial charge in [0.15, 0.2) is 0 Å². The van der Waals surface area contributed by atoms with Gasteiger partial charge in [-0.05, 0) is 92.2 Å². The Kier molecular flexibility index (Phi) is 9.10. The highest BCUT2D eigenvalue weighted by Gasteiger charge is 2.23. The first-order valence-corrected chi connectivity index (χ1v) is 14.2. The molecule has 43 heavy (non-hydrogen) atoms. The third-order valence-corrected chi connectivity index (χ3v) is 8.27. The van der Waals surface area contributed by atoms with Gasteiger partial charge in [-0.25, -0.2) is 4.99 Å². The number of carboxylic acids is 2. The van der Waals surface area contributed by atoms with E-state index in [2.05, 4.69) is 33.4 Å². The maximum atomic E-state index is 12.3. The molecule has 4 rings (SSSR count). The zero-order chi connectivity index (χ0) is 31.6. The monoisotopic (exact) mass is 598 g/mol. The van der Waals surface area contributed by atoms with Gasteiger partial charge in [0.2, 0.25) is 0 Å². The molecule has 4 heterocycles. The van der Waals surface area contributed by atoms with Crippen LogP contribution in [0.4, 0.5) is 0 Å². The molecule has 0 fully saturated rings. The average Bonchev–Trinajstić information content (AvgIpc) is 3.59. The van der Waals surface area contributed by atoms with Gasteiger partial charge in [0.05, 0.1) is 5.71 Å². The number of aliphatic carboxylic acids is 2. The number of nitrogens with one attached hydrogen (secondary N) is 3. The number of thiocarbonyl (C=S) groups is 1. The zero-order valence-corrected chi connectivity index (χ0v) is 25.4. The topological polar surface area (TPSA) is 148 Å². The summed E-state index contributed by atoms with van der Waals surface area (Å²) in [4.78, 5) is 47.2. The lowest BCUT2D eigenvalue weighted by atomic mass is 10.0. The van der Waals surface area contributed by atoms with Gasteiger partial charge in [0, 0.05) is 51.8 Å². The highest BCUT2D eigenvalue weighted by atomic mass is 32.1. The van der Waals surface area contributed by atoms with Gasteiger partial charge >= 0.3 is 11.9 Å². The highest BCUT2D eigenvalue weighted by Crippen LogP contribution is 2.27. The van der Waals surface area contributed by atoms with E-state index in [4.69, 9.17) is 12.2 Å². The molecule has 5 N–H and O–H groups in total. The molecule has 1 amide bonds. The fraction of sp³-hybridized carbons (Fsp3) is 0.242. The number of allylic oxidation sites excluding steroid dienone is 3. The standard InChI is InChI=1S/C33H34N4O5S/c1-7-20-19(6)33(43)37-27(20)14-25-18(5)23(10-12-31(40)41)29(35-25)15-28-22(9-11-30(38)39)17(4)24(34-28)13-26-16(3)21(8-2)32(42)36-26/h7-8,13-15,34-35H,1-2,9-12H2,3-6H3,(H,36,42)(H,38,39)(H,40,41). The summed E-state index contributed by atoms with van der Waals surface area (Å²) in [5.74, 6) is -2.06. The van der Waals surface area contributed by atoms with Gasteiger partial charge < -0.3 is 25.5 Å². The number of aliphatic imine (C=N–C) groups is 1. The van der Waals surface area contributed by atoms with Crippen LogP contribution in [0.3, 0.4) is 0 Å². The van der Waals surface area contributed by atoms with E-state index in [1.807, 2.05) is 45.9 Å². The second-order valence-electron chi connectivity index (χ2n) is 10.5. The smallest absolute Gasteiger partial charge is 0.303 e. The molecule has 0 radical (unpaired) electrons. The summed E-state index contributed by atoms with van der Waals surface area (Å²) in [6, 6.07) is 0. The van der Waals surface area contributed by atoms with Crippen molar-refractivity contribution in [3.63, 3.8) is 0 Å². The number of aromatic nitrogens is 2. The van der Waals surface area contributed by atoms with E-state index < -0.39 is 11.9 Å². The van der Waals surface area contributed by atoms with Crippen molar-refractivity contribution in [2.24, 2.45) is 4.99 Å². The first-order chi connectivity index (χ1) is 20.4. The van der Waals surface area contributed by atoms with Gasteiger partial charge in [-0.1, -0.05) is 37.5 Å². The van der Waals surface area contributed by atoms with Crippen LogP contribution in [0.5, 0.6) is 0 Å². The Balaban J connectivity index is 1.92. The van der Waals surface area contributed by atoms with Crippen molar-refractivity contribution in [2.75, 3.05) is 0 Å². The van der Waals surface area contributed by atoms with Crippen molar-refractivity contribution < 1.29 is 24.6 Å². The summed E-state index contributed by atoms with van der Waals surface area (Å²) in [6.07, 6.45) is 9.25. The first kappa shape index (κ1) is 31.1. The van der Waals surface area contributed by atoms with E-state index >= 15 is 0 Å². The van der Waals surface area contributed by atoms with Crippen molar-refractivity contribution >= 4 is 59.0 Å². The Morgan fingerprint density at radius 1 is 0.814 bits per heavy atom. The van der Waals surface area contributed by atoms with Crippen molar-refractivity contribution in [2.45, 2.75) is 53.4 Å². The Morgan fingerprint density at radius 3 is 2.02 bits per heavy atom. The molecule has 10 heteroatoms. The van der Waals surface area contributed by atoms with Gasteiger partial charge in [0.25, 0.3) is 5.91 Å². The fourth-order valence-corrected chi connectivity index (χ4v) is 5.55. The number of amides is 1. The van der Waals surface area contributed by atoms with Crippen molar-refractivity contribution in [3.05, 3.63) is 97.6 Å². The minimum absolute atomic E-state index is 0.0646. The molecule has 2 aromatic heterocycles. The number of nitrogens with zero attached hydrogens (tertiary/aromatic N) is 1. The Morgan fingerprint density at radius 2 is 1.44 bits per heavy atom. The fourth-order valence-electron chi connectivity index (χ4n) is 5.34. The summed E-state index contributed by atoms with van der Waals surface area (Å²) in [7, 11) is 0. The van der Waals surface area contributed by atoms with Crippen LogP contribution in [0.1, 0.15) is 60.3 Å². The van der Waals surface area contributed by atoms with Gasteiger partial charge in [-0.2, -0.15) is 0 Å². The van der Waals surface area contributed by atoms with Gasteiger partial charge in [0.1, 0.15) is 4.99 Å². The Labute approximate surface area is 254 Å². The Hall–Kier alpha value is -4.83. The second kappa shape index (κ2) is 12.6. The average molecular weight is 599 g/mol. The number of hydrogen-bond donors (Lipinski definition) is 5. The number of hydrogen-bond acceptors (Lipinski definition) is 4. The number of carbonyl (C=O) groups is 3. The molecular formula is C33H34N4O5S. The largest absolute Gasteiger partial charge is 0.481 e. The normalized spacial score (nSPS) is 16.9. The summed E-state index contributed by atoms with van der Waals surface area (Å²) < 4.78 is 0. The van der Waals surface area contributed by atoms with E-state index in [-0.39, 0.29) is 31.6 Å². The molecule has 0 spiro atoms. The van der Waals surface area contributed by atoms with Crippen LogP contribution in [0.25, 0.3) is 18.2 Å². The van der Waals surface area contributed by atoms with E-state index in [0.717, 1.165) is 50.0 Å². The zero-order valence-electron chi connectivity index (χ0n) is 24.6. The predicted molar refractivity (Wildman–Crippen MR) is 172 cm³/mol. The summed E-state index contributed by atoms with van der Waals surface area (Å²) >= 11 is 5.37. The minimum atomic E-state index is -0.921. The van der Waals surface area contributed by atoms with Crippen LogP contribution < -0.4 is 16.0 Å². The Bertz CT molecular complexity index is 1860. The molecule has 0 atom stereocenters. The van der Waals surface area contributed by atoms with Gasteiger partial charge in [-0.3, -0.25) is 14.4 Å². The van der Waals surface area contributed by atoms with E-state index in [1.165, 1.54) is 6.08 Å². The van der Waals surface area contributed by atoms with Gasteiger partial charge in [-0.15, -0.1) is 0 Å². The lowest BCUT2D eigenvalue weighted by Crippen LogP contribution is -2.15. The lowest BCUT2D eigenvalue weighted by molar-refractivity contribution is -0.138. The van der Waals surface area contributed by atoms with Crippen LogP contribution in [-0.2, 0) is 27.2 Å².